The van der Waals surface area contributed by atoms with Crippen LogP contribution in [0.5, 0.6) is 0 Å². The van der Waals surface area contributed by atoms with Crippen LogP contribution < -0.4 is 5.32 Å². The number of unbranched alkanes of at least 4 members (excludes halogenated alkanes) is 1. The first-order valence-electron chi connectivity index (χ1n) is 7.69. The highest BCUT2D eigenvalue weighted by atomic mass is 15.1. The van der Waals surface area contributed by atoms with E-state index in [1.807, 2.05) is 19.3 Å². The van der Waals surface area contributed by atoms with Crippen molar-refractivity contribution < 1.29 is 0 Å². The van der Waals surface area contributed by atoms with E-state index in [0.29, 0.717) is 5.92 Å². The number of aromatic nitrogens is 2. The van der Waals surface area contributed by atoms with Gasteiger partial charge in [-0.25, -0.2) is 4.98 Å². The topological polar surface area (TPSA) is 53.6 Å². The fourth-order valence-corrected chi connectivity index (χ4v) is 2.36. The van der Waals surface area contributed by atoms with Crippen molar-refractivity contribution in [2.45, 2.75) is 71.4 Å². The van der Waals surface area contributed by atoms with E-state index in [2.05, 4.69) is 41.7 Å². The predicted octanol–water partition coefficient (Wildman–Crippen LogP) is 3.46. The first-order chi connectivity index (χ1) is 9.52. The zero-order valence-electron chi connectivity index (χ0n) is 13.3. The Morgan fingerprint density at radius 1 is 1.45 bits per heavy atom. The Balaban J connectivity index is 2.37. The molecule has 112 valence electrons. The fraction of sp³-hybridized carbons (Fsp3) is 0.750. The summed E-state index contributed by atoms with van der Waals surface area (Å²) in [5, 5.41) is 12.6. The molecule has 0 aliphatic rings. The molecule has 1 aromatic heterocycles. The summed E-state index contributed by atoms with van der Waals surface area (Å²) >= 11 is 0. The van der Waals surface area contributed by atoms with Crippen molar-refractivity contribution in [2.24, 2.45) is 0 Å². The lowest BCUT2D eigenvalue weighted by Gasteiger charge is -2.23. The van der Waals surface area contributed by atoms with Crippen LogP contribution in [-0.2, 0) is 6.54 Å². The van der Waals surface area contributed by atoms with Crippen LogP contribution in [0.4, 0.5) is 0 Å². The quantitative estimate of drug-likeness (QED) is 0.703. The molecule has 0 saturated carbocycles. The van der Waals surface area contributed by atoms with Crippen molar-refractivity contribution in [3.63, 3.8) is 0 Å². The number of nitriles is 1. The number of imidazole rings is 1. The van der Waals surface area contributed by atoms with Gasteiger partial charge in [0.15, 0.2) is 0 Å². The molecule has 0 radical (unpaired) electrons. The van der Waals surface area contributed by atoms with Crippen LogP contribution in [0.25, 0.3) is 0 Å². The zero-order valence-corrected chi connectivity index (χ0v) is 13.3. The van der Waals surface area contributed by atoms with Gasteiger partial charge in [-0.2, -0.15) is 5.26 Å². The average molecular weight is 276 g/mol. The minimum Gasteiger partial charge on any atom is -0.335 e. The second-order valence-corrected chi connectivity index (χ2v) is 5.96. The van der Waals surface area contributed by atoms with Gasteiger partial charge in [0.2, 0.25) is 0 Å². The van der Waals surface area contributed by atoms with Gasteiger partial charge in [0.1, 0.15) is 11.4 Å². The molecule has 0 spiro atoms. The van der Waals surface area contributed by atoms with Crippen LogP contribution in [0, 0.1) is 11.3 Å². The molecular formula is C16H28N4. The lowest BCUT2D eigenvalue weighted by atomic mass is 9.96. The number of nitrogens with one attached hydrogen (secondary N) is 1. The van der Waals surface area contributed by atoms with Crippen molar-refractivity contribution >= 4 is 0 Å². The molecule has 0 aliphatic heterocycles. The van der Waals surface area contributed by atoms with Crippen LogP contribution in [0.1, 0.15) is 65.1 Å². The fourth-order valence-electron chi connectivity index (χ4n) is 2.36. The molecule has 1 atom stereocenters. The molecule has 1 aromatic rings. The third-order valence-electron chi connectivity index (χ3n) is 3.60. The number of aryl methyl sites for hydroxylation is 1. The number of rotatable bonds is 9. The van der Waals surface area contributed by atoms with Gasteiger partial charge >= 0.3 is 0 Å². The van der Waals surface area contributed by atoms with E-state index < -0.39 is 0 Å². The van der Waals surface area contributed by atoms with Gasteiger partial charge in [0.05, 0.1) is 6.07 Å². The van der Waals surface area contributed by atoms with Crippen molar-refractivity contribution in [3.05, 3.63) is 18.2 Å². The number of hydrogen-bond donors (Lipinski definition) is 1. The molecule has 20 heavy (non-hydrogen) atoms. The molecule has 0 fully saturated rings. The van der Waals surface area contributed by atoms with Crippen LogP contribution in [0.15, 0.2) is 12.4 Å². The van der Waals surface area contributed by atoms with E-state index in [0.717, 1.165) is 44.6 Å². The maximum atomic E-state index is 9.28. The van der Waals surface area contributed by atoms with E-state index in [1.54, 1.807) is 0 Å². The summed E-state index contributed by atoms with van der Waals surface area (Å²) in [6, 6.07) is 2.41. The molecule has 1 N–H and O–H groups in total. The average Bonchev–Trinajstić information content (AvgIpc) is 2.90. The standard InChI is InChI=1S/C16H28N4/c1-5-9-19-16(4,13-17)8-6-7-11-20-12-10-18-15(20)14(2)3/h10,12,14,19H,5-9,11H2,1-4H3. The Kier molecular flexibility index (Phi) is 6.74. The van der Waals surface area contributed by atoms with E-state index in [1.165, 1.54) is 0 Å². The highest BCUT2D eigenvalue weighted by Gasteiger charge is 2.21. The number of nitrogens with zero attached hydrogens (tertiary/aromatic N) is 3. The molecule has 4 nitrogen and oxygen atoms in total. The monoisotopic (exact) mass is 276 g/mol. The second kappa shape index (κ2) is 8.06. The van der Waals surface area contributed by atoms with Crippen LogP contribution >= 0.6 is 0 Å². The largest absolute Gasteiger partial charge is 0.335 e. The van der Waals surface area contributed by atoms with E-state index in [-0.39, 0.29) is 5.54 Å². The molecule has 4 heteroatoms. The first-order valence-corrected chi connectivity index (χ1v) is 7.69. The van der Waals surface area contributed by atoms with Crippen LogP contribution in [0.2, 0.25) is 0 Å². The summed E-state index contributed by atoms with van der Waals surface area (Å²) in [6.45, 7) is 10.4. The van der Waals surface area contributed by atoms with E-state index >= 15 is 0 Å². The predicted molar refractivity (Wildman–Crippen MR) is 82.5 cm³/mol. The maximum absolute atomic E-state index is 9.28. The molecule has 1 rings (SSSR count). The lowest BCUT2D eigenvalue weighted by Crippen LogP contribution is -2.41. The van der Waals surface area contributed by atoms with Crippen LogP contribution in [0.3, 0.4) is 0 Å². The Labute approximate surface area is 123 Å². The maximum Gasteiger partial charge on any atom is 0.111 e. The molecule has 1 unspecified atom stereocenters. The third kappa shape index (κ3) is 4.97. The van der Waals surface area contributed by atoms with Crippen molar-refractivity contribution in [1.29, 1.82) is 5.26 Å². The Bertz CT molecular complexity index is 430. The van der Waals surface area contributed by atoms with Gasteiger partial charge in [0.25, 0.3) is 0 Å². The highest BCUT2D eigenvalue weighted by molar-refractivity contribution is 5.03. The second-order valence-electron chi connectivity index (χ2n) is 5.96. The third-order valence-corrected chi connectivity index (χ3v) is 3.60. The first kappa shape index (κ1) is 16.7. The molecule has 0 bridgehead atoms. The van der Waals surface area contributed by atoms with Crippen molar-refractivity contribution in [3.8, 4) is 6.07 Å². The Morgan fingerprint density at radius 2 is 2.20 bits per heavy atom. The molecule has 0 aliphatic carbocycles. The smallest absolute Gasteiger partial charge is 0.111 e. The van der Waals surface area contributed by atoms with Crippen LogP contribution in [-0.4, -0.2) is 21.6 Å². The number of hydrogen-bond acceptors (Lipinski definition) is 3. The van der Waals surface area contributed by atoms with Gasteiger partial charge in [-0.1, -0.05) is 20.8 Å². The van der Waals surface area contributed by atoms with Crippen molar-refractivity contribution in [2.75, 3.05) is 6.54 Å². The summed E-state index contributed by atoms with van der Waals surface area (Å²) in [6.07, 6.45) is 8.02. The normalized spacial score (nSPS) is 14.2. The summed E-state index contributed by atoms with van der Waals surface area (Å²) < 4.78 is 2.23. The highest BCUT2D eigenvalue weighted by Crippen LogP contribution is 2.16. The van der Waals surface area contributed by atoms with Gasteiger partial charge in [0, 0.05) is 24.9 Å². The SMILES string of the molecule is CCCNC(C)(C#N)CCCCn1ccnc1C(C)C. The molecule has 0 amide bonds. The van der Waals surface area contributed by atoms with Gasteiger partial charge < -0.3 is 4.57 Å². The molecular weight excluding hydrogens is 248 g/mol. The van der Waals surface area contributed by atoms with E-state index in [4.69, 9.17) is 0 Å². The summed E-state index contributed by atoms with van der Waals surface area (Å²) in [7, 11) is 0. The van der Waals surface area contributed by atoms with E-state index in [9.17, 15) is 5.26 Å². The summed E-state index contributed by atoms with van der Waals surface area (Å²) in [4.78, 5) is 4.40. The van der Waals surface area contributed by atoms with Gasteiger partial charge in [-0.15, -0.1) is 0 Å². The summed E-state index contributed by atoms with van der Waals surface area (Å²) in [5.74, 6) is 1.61. The van der Waals surface area contributed by atoms with Gasteiger partial charge in [-0.3, -0.25) is 5.32 Å². The van der Waals surface area contributed by atoms with Gasteiger partial charge in [-0.05, 0) is 39.2 Å². The summed E-state index contributed by atoms with van der Waals surface area (Å²) in [5.41, 5.74) is -0.383. The lowest BCUT2D eigenvalue weighted by molar-refractivity contribution is 0.394. The minimum atomic E-state index is -0.383. The molecule has 1 heterocycles. The Morgan fingerprint density at radius 3 is 2.80 bits per heavy atom. The zero-order chi connectivity index (χ0) is 15.0. The molecule has 0 saturated heterocycles. The Hall–Kier alpha value is -1.34. The minimum absolute atomic E-state index is 0.383. The van der Waals surface area contributed by atoms with Crippen molar-refractivity contribution in [1.82, 2.24) is 14.9 Å². The molecule has 0 aromatic carbocycles.